The minimum Gasteiger partial charge on any atom is -0.338 e. The summed E-state index contributed by atoms with van der Waals surface area (Å²) in [6, 6.07) is 12.2. The minimum atomic E-state index is -0.000580. The lowest BCUT2D eigenvalue weighted by Gasteiger charge is -2.20. The highest BCUT2D eigenvalue weighted by molar-refractivity contribution is 6.01. The van der Waals surface area contributed by atoms with Crippen molar-refractivity contribution in [3.63, 3.8) is 0 Å². The summed E-state index contributed by atoms with van der Waals surface area (Å²) < 4.78 is 1.77. The molecule has 0 saturated heterocycles. The van der Waals surface area contributed by atoms with Crippen LogP contribution < -0.4 is 0 Å². The smallest absolute Gasteiger partial charge is 0.259 e. The van der Waals surface area contributed by atoms with Crippen molar-refractivity contribution in [2.75, 3.05) is 13.1 Å². The van der Waals surface area contributed by atoms with Gasteiger partial charge in [0.2, 0.25) is 0 Å². The topological polar surface area (TPSA) is 79.2 Å². The maximum Gasteiger partial charge on any atom is 0.259 e. The number of fused-ring (bicyclic) bond motifs is 2. The Balaban J connectivity index is 1.46. The average Bonchev–Trinajstić information content (AvgIpc) is 3.21. The predicted octanol–water partition coefficient (Wildman–Crippen LogP) is 3.29. The molecule has 1 aliphatic rings. The zero-order valence-electron chi connectivity index (χ0n) is 17.4. The molecule has 0 radical (unpaired) electrons. The van der Waals surface area contributed by atoms with Crippen molar-refractivity contribution in [3.8, 4) is 11.3 Å². The van der Waals surface area contributed by atoms with Gasteiger partial charge in [-0.3, -0.25) is 9.89 Å². The zero-order chi connectivity index (χ0) is 20.8. The molecule has 152 valence electrons. The molecule has 0 fully saturated rings. The number of rotatable bonds is 2. The molecule has 0 aliphatic carbocycles. The molecule has 0 unspecified atom stereocenters. The van der Waals surface area contributed by atoms with E-state index in [0.717, 1.165) is 46.9 Å². The van der Waals surface area contributed by atoms with Gasteiger partial charge in [0.25, 0.3) is 5.91 Å². The molecule has 0 saturated carbocycles. The molecule has 1 N–H and O–H groups in total. The van der Waals surface area contributed by atoms with Gasteiger partial charge < -0.3 is 4.90 Å². The van der Waals surface area contributed by atoms with Crippen LogP contribution in [0.2, 0.25) is 0 Å². The molecule has 1 aromatic carbocycles. The molecular formula is C23H24N6O. The summed E-state index contributed by atoms with van der Waals surface area (Å²) in [5.74, 6) is -0.000580. The third-order valence-electron chi connectivity index (χ3n) is 5.83. The van der Waals surface area contributed by atoms with E-state index >= 15 is 0 Å². The number of carbonyl (C=O) groups is 1. The SMILES string of the molecule is Cc1cc(C)n2nc(C)c(C(=O)N3CCc4[nH]nc(-c5ccccc5)c4CC3)c2n1. The third kappa shape index (κ3) is 2.98. The molecule has 0 atom stereocenters. The van der Waals surface area contributed by atoms with Crippen molar-refractivity contribution in [3.05, 3.63) is 70.3 Å². The van der Waals surface area contributed by atoms with Crippen LogP contribution in [0.5, 0.6) is 0 Å². The van der Waals surface area contributed by atoms with E-state index in [0.29, 0.717) is 24.3 Å². The first-order chi connectivity index (χ1) is 14.5. The van der Waals surface area contributed by atoms with E-state index in [1.54, 1.807) is 4.52 Å². The maximum absolute atomic E-state index is 13.5. The van der Waals surface area contributed by atoms with Gasteiger partial charge in [0.1, 0.15) is 5.56 Å². The average molecular weight is 400 g/mol. The number of benzene rings is 1. The number of nitrogens with one attached hydrogen (secondary N) is 1. The molecule has 30 heavy (non-hydrogen) atoms. The number of H-pyrrole nitrogens is 1. The number of nitrogens with zero attached hydrogens (tertiary/aromatic N) is 5. The predicted molar refractivity (Wildman–Crippen MR) is 115 cm³/mol. The number of aromatic amines is 1. The fourth-order valence-corrected chi connectivity index (χ4v) is 4.36. The number of hydrogen-bond donors (Lipinski definition) is 1. The van der Waals surface area contributed by atoms with Crippen molar-refractivity contribution in [1.82, 2.24) is 29.7 Å². The van der Waals surface area contributed by atoms with Crippen LogP contribution in [0.3, 0.4) is 0 Å². The van der Waals surface area contributed by atoms with Crippen molar-refractivity contribution >= 4 is 11.6 Å². The third-order valence-corrected chi connectivity index (χ3v) is 5.83. The van der Waals surface area contributed by atoms with Crippen LogP contribution in [-0.2, 0) is 12.8 Å². The summed E-state index contributed by atoms with van der Waals surface area (Å²) in [6.07, 6.45) is 1.52. The van der Waals surface area contributed by atoms with E-state index in [9.17, 15) is 4.79 Å². The number of aryl methyl sites for hydroxylation is 3. The van der Waals surface area contributed by atoms with Gasteiger partial charge in [-0.15, -0.1) is 0 Å². The number of carbonyl (C=O) groups excluding carboxylic acids is 1. The Kier molecular flexibility index (Phi) is 4.38. The summed E-state index contributed by atoms with van der Waals surface area (Å²) >= 11 is 0. The standard InChI is InChI=1S/C23H24N6O/c1-14-13-15(2)29-22(24-14)20(16(3)27-29)23(30)28-11-9-18-19(10-12-28)25-26-21(18)17-7-5-4-6-8-17/h4-8,13H,9-12H2,1-3H3,(H,25,26). The highest BCUT2D eigenvalue weighted by Gasteiger charge is 2.27. The van der Waals surface area contributed by atoms with Gasteiger partial charge in [0, 0.05) is 47.7 Å². The van der Waals surface area contributed by atoms with Crippen molar-refractivity contribution in [2.45, 2.75) is 33.6 Å². The highest BCUT2D eigenvalue weighted by Crippen LogP contribution is 2.27. The van der Waals surface area contributed by atoms with E-state index in [2.05, 4.69) is 32.4 Å². The van der Waals surface area contributed by atoms with Crippen molar-refractivity contribution in [1.29, 1.82) is 0 Å². The quantitative estimate of drug-likeness (QED) is 0.560. The summed E-state index contributed by atoms with van der Waals surface area (Å²) in [5, 5.41) is 12.3. The molecular weight excluding hydrogens is 376 g/mol. The van der Waals surface area contributed by atoms with Crippen molar-refractivity contribution in [2.24, 2.45) is 0 Å². The van der Waals surface area contributed by atoms with Crippen LogP contribution in [0.4, 0.5) is 0 Å². The molecule has 0 bridgehead atoms. The lowest BCUT2D eigenvalue weighted by molar-refractivity contribution is 0.0763. The Morgan fingerprint density at radius 1 is 1.07 bits per heavy atom. The van der Waals surface area contributed by atoms with Crippen LogP contribution in [-0.4, -0.2) is 48.7 Å². The molecule has 4 aromatic rings. The van der Waals surface area contributed by atoms with Gasteiger partial charge in [0.15, 0.2) is 5.65 Å². The van der Waals surface area contributed by atoms with Gasteiger partial charge in [-0.2, -0.15) is 10.2 Å². The van der Waals surface area contributed by atoms with Crippen LogP contribution in [0.15, 0.2) is 36.4 Å². The first kappa shape index (κ1) is 18.5. The number of aromatic nitrogens is 5. The van der Waals surface area contributed by atoms with Gasteiger partial charge >= 0.3 is 0 Å². The maximum atomic E-state index is 13.5. The number of amides is 1. The van der Waals surface area contributed by atoms with Gasteiger partial charge in [-0.1, -0.05) is 30.3 Å². The van der Waals surface area contributed by atoms with E-state index in [1.807, 2.05) is 49.9 Å². The Bertz CT molecular complexity index is 1250. The summed E-state index contributed by atoms with van der Waals surface area (Å²) in [4.78, 5) is 20.0. The molecule has 4 heterocycles. The lowest BCUT2D eigenvalue weighted by Crippen LogP contribution is -2.33. The fourth-order valence-electron chi connectivity index (χ4n) is 4.36. The van der Waals surface area contributed by atoms with E-state index in [4.69, 9.17) is 0 Å². The lowest BCUT2D eigenvalue weighted by atomic mass is 10.0. The molecule has 0 spiro atoms. The Labute approximate surface area is 174 Å². The van der Waals surface area contributed by atoms with E-state index < -0.39 is 0 Å². The normalized spacial score (nSPS) is 14.0. The van der Waals surface area contributed by atoms with Gasteiger partial charge in [-0.25, -0.2) is 9.50 Å². The Hall–Kier alpha value is -3.48. The van der Waals surface area contributed by atoms with E-state index in [1.165, 1.54) is 5.56 Å². The Morgan fingerprint density at radius 2 is 1.83 bits per heavy atom. The first-order valence-electron chi connectivity index (χ1n) is 10.3. The van der Waals surface area contributed by atoms with E-state index in [-0.39, 0.29) is 5.91 Å². The second kappa shape index (κ2) is 7.09. The largest absolute Gasteiger partial charge is 0.338 e. The van der Waals surface area contributed by atoms with Crippen LogP contribution in [0.1, 0.15) is 38.7 Å². The highest BCUT2D eigenvalue weighted by atomic mass is 16.2. The summed E-state index contributed by atoms with van der Waals surface area (Å²) in [7, 11) is 0. The van der Waals surface area contributed by atoms with Crippen LogP contribution >= 0.6 is 0 Å². The number of hydrogen-bond acceptors (Lipinski definition) is 4. The molecule has 1 amide bonds. The second-order valence-corrected chi connectivity index (χ2v) is 7.92. The molecule has 3 aromatic heterocycles. The second-order valence-electron chi connectivity index (χ2n) is 7.92. The summed E-state index contributed by atoms with van der Waals surface area (Å²) in [6.45, 7) is 7.10. The fraction of sp³-hybridized carbons (Fsp3) is 0.304. The molecule has 1 aliphatic heterocycles. The minimum absolute atomic E-state index is 0.000580. The summed E-state index contributed by atoms with van der Waals surface area (Å²) in [5.41, 5.74) is 8.24. The Morgan fingerprint density at radius 3 is 2.63 bits per heavy atom. The first-order valence-corrected chi connectivity index (χ1v) is 10.3. The molecule has 7 nitrogen and oxygen atoms in total. The molecule has 5 rings (SSSR count). The monoisotopic (exact) mass is 400 g/mol. The van der Waals surface area contributed by atoms with Gasteiger partial charge in [0.05, 0.1) is 11.4 Å². The van der Waals surface area contributed by atoms with Crippen LogP contribution in [0.25, 0.3) is 16.9 Å². The van der Waals surface area contributed by atoms with Crippen LogP contribution in [0, 0.1) is 20.8 Å². The van der Waals surface area contributed by atoms with Gasteiger partial charge in [-0.05, 0) is 33.3 Å². The molecule has 7 heteroatoms. The van der Waals surface area contributed by atoms with Crippen molar-refractivity contribution < 1.29 is 4.79 Å². The zero-order valence-corrected chi connectivity index (χ0v) is 17.4.